The Morgan fingerprint density at radius 1 is 1.50 bits per heavy atom. The minimum absolute atomic E-state index is 0.0641. The lowest BCUT2D eigenvalue weighted by Crippen LogP contribution is -2.71. The molecule has 114 valence electrons. The summed E-state index contributed by atoms with van der Waals surface area (Å²) < 4.78 is 5.23. The van der Waals surface area contributed by atoms with E-state index in [2.05, 4.69) is 4.89 Å². The number of nitrogens with one attached hydrogen (secondary N) is 1. The highest BCUT2D eigenvalue weighted by atomic mass is 17.1. The van der Waals surface area contributed by atoms with Crippen LogP contribution < -0.4 is 5.32 Å². The summed E-state index contributed by atoms with van der Waals surface area (Å²) in [6.07, 6.45) is -4.88. The number of imide groups is 1. The molecule has 0 spiro atoms. The summed E-state index contributed by atoms with van der Waals surface area (Å²) in [6.45, 7) is 0.622. The number of aliphatic hydroxyl groups excluding tert-OH is 3. The zero-order valence-electron chi connectivity index (χ0n) is 10.6. The number of nitrogens with zero attached hydrogens (tertiary/aromatic N) is 1. The molecule has 0 aromatic rings. The van der Waals surface area contributed by atoms with Gasteiger partial charge < -0.3 is 20.1 Å². The van der Waals surface area contributed by atoms with Gasteiger partial charge >= 0.3 is 6.03 Å². The summed E-state index contributed by atoms with van der Waals surface area (Å²) in [5.74, 6) is -1.01. The maximum Gasteiger partial charge on any atom is 0.328 e. The molecular formula is C10H16N2O8. The number of carbonyl (C=O) groups is 2. The molecule has 5 N–H and O–H groups in total. The van der Waals surface area contributed by atoms with Crippen molar-refractivity contribution >= 4 is 11.9 Å². The van der Waals surface area contributed by atoms with Gasteiger partial charge in [0.2, 0.25) is 5.60 Å². The summed E-state index contributed by atoms with van der Waals surface area (Å²) >= 11 is 0. The van der Waals surface area contributed by atoms with E-state index in [1.54, 1.807) is 0 Å². The van der Waals surface area contributed by atoms with Gasteiger partial charge in [-0.2, -0.15) is 0 Å². The van der Waals surface area contributed by atoms with Gasteiger partial charge in [-0.05, 0) is 6.92 Å². The van der Waals surface area contributed by atoms with Gasteiger partial charge in [0.1, 0.15) is 12.3 Å². The second kappa shape index (κ2) is 5.24. The zero-order valence-corrected chi connectivity index (χ0v) is 10.6. The number of amides is 3. The molecule has 2 aliphatic rings. The van der Waals surface area contributed by atoms with E-state index in [0.717, 1.165) is 11.8 Å². The second-order valence-corrected chi connectivity index (χ2v) is 4.85. The minimum Gasteiger partial charge on any atom is -0.394 e. The lowest BCUT2D eigenvalue weighted by atomic mass is 10.00. The summed E-state index contributed by atoms with van der Waals surface area (Å²) in [6, 6.07) is -0.951. The Bertz CT molecular complexity index is 418. The number of aliphatic hydroxyl groups is 3. The third-order valence-electron chi connectivity index (χ3n) is 3.55. The first kappa shape index (κ1) is 15.1. The van der Waals surface area contributed by atoms with Gasteiger partial charge in [-0.15, -0.1) is 0 Å². The van der Waals surface area contributed by atoms with Crippen molar-refractivity contribution in [3.05, 3.63) is 0 Å². The molecule has 0 aromatic carbocycles. The van der Waals surface area contributed by atoms with Crippen LogP contribution in [0.1, 0.15) is 13.3 Å². The van der Waals surface area contributed by atoms with E-state index in [9.17, 15) is 19.8 Å². The Kier molecular flexibility index (Phi) is 3.95. The fourth-order valence-electron chi connectivity index (χ4n) is 2.21. The van der Waals surface area contributed by atoms with Crippen LogP contribution in [-0.4, -0.2) is 74.3 Å². The first-order valence-corrected chi connectivity index (χ1v) is 5.94. The third kappa shape index (κ3) is 2.16. The van der Waals surface area contributed by atoms with E-state index in [1.165, 1.54) is 0 Å². The van der Waals surface area contributed by atoms with Gasteiger partial charge in [0.25, 0.3) is 5.91 Å². The Morgan fingerprint density at radius 3 is 2.65 bits per heavy atom. The number of ether oxygens (including phenoxy) is 1. The van der Waals surface area contributed by atoms with E-state index in [4.69, 9.17) is 15.1 Å². The predicted molar refractivity (Wildman–Crippen MR) is 59.9 cm³/mol. The number of carbonyl (C=O) groups excluding carboxylic acids is 2. The molecule has 2 saturated heterocycles. The Hall–Kier alpha value is -1.30. The van der Waals surface area contributed by atoms with Crippen LogP contribution in [0, 0.1) is 0 Å². The molecule has 0 unspecified atom stereocenters. The highest BCUT2D eigenvalue weighted by Crippen LogP contribution is 2.30. The van der Waals surface area contributed by atoms with Crippen LogP contribution in [-0.2, 0) is 14.4 Å². The SMILES string of the molecule is C[C@]1(OO)C(=O)NC(=O)N([C@H]2C[C@H](O)[C@@H](CO)O2)[C@@H]1O. The van der Waals surface area contributed by atoms with E-state index in [-0.39, 0.29) is 6.42 Å². The minimum atomic E-state index is -2.08. The molecule has 2 aliphatic heterocycles. The van der Waals surface area contributed by atoms with Gasteiger partial charge in [0.05, 0.1) is 12.7 Å². The normalized spacial score (nSPS) is 42.0. The monoisotopic (exact) mass is 292 g/mol. The van der Waals surface area contributed by atoms with Crippen molar-refractivity contribution in [2.24, 2.45) is 0 Å². The molecule has 2 heterocycles. The standard InChI is InChI=1S/C10H16N2O8/c1-10(20-18)7(15)11-9(17)12(8(10)16)6-2-4(14)5(3-13)19-6/h4-6,8,13-14,16,18H,2-3H2,1H3,(H,11,15,17)/t4-,5+,6+,8+,10-/m0/s1. The van der Waals surface area contributed by atoms with Crippen molar-refractivity contribution in [3.63, 3.8) is 0 Å². The molecule has 2 rings (SSSR count). The summed E-state index contributed by atoms with van der Waals surface area (Å²) in [5.41, 5.74) is -2.08. The van der Waals surface area contributed by atoms with E-state index >= 15 is 0 Å². The lowest BCUT2D eigenvalue weighted by Gasteiger charge is -2.43. The Balaban J connectivity index is 2.23. The number of rotatable bonds is 3. The van der Waals surface area contributed by atoms with Crippen LogP contribution in [0.3, 0.4) is 0 Å². The Labute approximate surface area is 113 Å². The van der Waals surface area contributed by atoms with Crippen LogP contribution >= 0.6 is 0 Å². The molecule has 10 nitrogen and oxygen atoms in total. The van der Waals surface area contributed by atoms with Gasteiger partial charge in [-0.1, -0.05) is 0 Å². The predicted octanol–water partition coefficient (Wildman–Crippen LogP) is -2.43. The van der Waals surface area contributed by atoms with Crippen LogP contribution in [0.4, 0.5) is 4.79 Å². The molecule has 0 bridgehead atoms. The molecule has 10 heteroatoms. The first-order valence-electron chi connectivity index (χ1n) is 5.94. The van der Waals surface area contributed by atoms with Gasteiger partial charge in [0.15, 0.2) is 6.23 Å². The highest BCUT2D eigenvalue weighted by Gasteiger charge is 2.56. The van der Waals surface area contributed by atoms with E-state index in [0.29, 0.717) is 0 Å². The third-order valence-corrected chi connectivity index (χ3v) is 3.55. The quantitative estimate of drug-likeness (QED) is 0.285. The van der Waals surface area contributed by atoms with Gasteiger partial charge in [-0.25, -0.2) is 9.68 Å². The van der Waals surface area contributed by atoms with Crippen LogP contribution in [0.5, 0.6) is 0 Å². The number of hydrogen-bond acceptors (Lipinski definition) is 8. The molecule has 0 aliphatic carbocycles. The summed E-state index contributed by atoms with van der Waals surface area (Å²) in [4.78, 5) is 28.1. The first-order chi connectivity index (χ1) is 9.35. The lowest BCUT2D eigenvalue weighted by molar-refractivity contribution is -0.344. The fourth-order valence-corrected chi connectivity index (χ4v) is 2.21. The molecule has 0 radical (unpaired) electrons. The average Bonchev–Trinajstić information content (AvgIpc) is 2.77. The Morgan fingerprint density at radius 2 is 2.15 bits per heavy atom. The fraction of sp³-hybridized carbons (Fsp3) is 0.800. The molecular weight excluding hydrogens is 276 g/mol. The van der Waals surface area contributed by atoms with Crippen LogP contribution in [0.2, 0.25) is 0 Å². The molecule has 0 saturated carbocycles. The highest BCUT2D eigenvalue weighted by molar-refractivity contribution is 6.01. The smallest absolute Gasteiger partial charge is 0.328 e. The van der Waals surface area contributed by atoms with Crippen molar-refractivity contribution in [2.75, 3.05) is 6.61 Å². The second-order valence-electron chi connectivity index (χ2n) is 4.85. The van der Waals surface area contributed by atoms with Gasteiger partial charge in [0, 0.05) is 6.42 Å². The molecule has 2 fully saturated rings. The van der Waals surface area contributed by atoms with E-state index in [1.807, 2.05) is 5.32 Å². The van der Waals surface area contributed by atoms with Crippen LogP contribution in [0.15, 0.2) is 0 Å². The molecule has 5 atom stereocenters. The molecule has 3 amide bonds. The zero-order chi connectivity index (χ0) is 15.1. The molecule has 20 heavy (non-hydrogen) atoms. The number of urea groups is 1. The largest absolute Gasteiger partial charge is 0.394 e. The summed E-state index contributed by atoms with van der Waals surface area (Å²) in [7, 11) is 0. The van der Waals surface area contributed by atoms with Crippen molar-refractivity contribution in [1.29, 1.82) is 0 Å². The van der Waals surface area contributed by atoms with Gasteiger partial charge in [-0.3, -0.25) is 20.3 Å². The van der Waals surface area contributed by atoms with Crippen molar-refractivity contribution < 1.29 is 39.8 Å². The van der Waals surface area contributed by atoms with Crippen molar-refractivity contribution in [1.82, 2.24) is 10.2 Å². The van der Waals surface area contributed by atoms with Crippen molar-refractivity contribution in [2.45, 2.75) is 43.6 Å². The van der Waals surface area contributed by atoms with Crippen molar-refractivity contribution in [3.8, 4) is 0 Å². The maximum absolute atomic E-state index is 11.8. The average molecular weight is 292 g/mol. The number of hydrogen-bond donors (Lipinski definition) is 5. The molecule has 0 aromatic heterocycles. The topological polar surface area (TPSA) is 149 Å². The van der Waals surface area contributed by atoms with E-state index < -0.39 is 48.8 Å². The summed E-state index contributed by atoms with van der Waals surface area (Å²) in [5, 5.41) is 39.4. The maximum atomic E-state index is 11.8. The van der Waals surface area contributed by atoms with Crippen LogP contribution in [0.25, 0.3) is 0 Å².